The van der Waals surface area contributed by atoms with E-state index in [4.69, 9.17) is 16.3 Å². The van der Waals surface area contributed by atoms with Gasteiger partial charge in [0.25, 0.3) is 0 Å². The molecule has 2 fully saturated rings. The van der Waals surface area contributed by atoms with Gasteiger partial charge in [-0.2, -0.15) is 10.1 Å². The van der Waals surface area contributed by atoms with Gasteiger partial charge in [0.1, 0.15) is 16.5 Å². The average Bonchev–Trinajstić information content (AvgIpc) is 3.34. The number of likely N-dealkylation sites (N-methyl/N-ethyl adjacent to an activating group) is 1. The molecule has 15 heteroatoms. The number of aromatic nitrogens is 4. The lowest BCUT2D eigenvalue weighted by Crippen LogP contribution is -2.52. The highest BCUT2D eigenvalue weighted by atomic mass is 35.5. The van der Waals surface area contributed by atoms with Gasteiger partial charge in [-0.1, -0.05) is 11.6 Å². The lowest BCUT2D eigenvalue weighted by atomic mass is 10.0. The monoisotopic (exact) mass is 618 g/mol. The van der Waals surface area contributed by atoms with Crippen LogP contribution in [-0.2, 0) is 17.1 Å². The van der Waals surface area contributed by atoms with Crippen molar-refractivity contribution in [2.24, 2.45) is 7.05 Å². The minimum Gasteiger partial charge on any atom is -0.494 e. The molecule has 0 saturated carbocycles. The first-order valence-electron chi connectivity index (χ1n) is 13.9. The number of ether oxygens (including phenoxy) is 1. The first-order chi connectivity index (χ1) is 20.0. The van der Waals surface area contributed by atoms with Crippen LogP contribution in [0.4, 0.5) is 34.6 Å². The van der Waals surface area contributed by atoms with E-state index in [1.165, 1.54) is 17.9 Å². The van der Waals surface area contributed by atoms with Crippen molar-refractivity contribution >= 4 is 56.3 Å². The normalized spacial score (nSPS) is 17.3. The van der Waals surface area contributed by atoms with Crippen molar-refractivity contribution in [2.45, 2.75) is 18.9 Å². The Balaban J connectivity index is 1.28. The molecule has 0 unspecified atom stereocenters. The van der Waals surface area contributed by atoms with Crippen LogP contribution in [0.1, 0.15) is 12.8 Å². The third-order valence-electron chi connectivity index (χ3n) is 7.92. The maximum absolute atomic E-state index is 12.1. The number of sulfonamides is 1. The second kappa shape index (κ2) is 12.5. The summed E-state index contributed by atoms with van der Waals surface area (Å²) in [5.74, 6) is 1.48. The van der Waals surface area contributed by atoms with E-state index < -0.39 is 10.0 Å². The molecule has 0 radical (unpaired) electrons. The summed E-state index contributed by atoms with van der Waals surface area (Å²) in [4.78, 5) is 16.3. The summed E-state index contributed by atoms with van der Waals surface area (Å²) in [6.45, 7) is 6.61. The number of piperidine rings is 1. The summed E-state index contributed by atoms with van der Waals surface area (Å²) in [5.41, 5.74) is 2.25. The molecule has 2 N–H and O–H groups in total. The summed E-state index contributed by atoms with van der Waals surface area (Å²) in [6, 6.07) is 6.74. The number of anilines is 6. The van der Waals surface area contributed by atoms with Gasteiger partial charge in [0.05, 0.1) is 31.4 Å². The fourth-order valence-electron chi connectivity index (χ4n) is 5.37. The molecular weight excluding hydrogens is 580 g/mol. The quantitative estimate of drug-likeness (QED) is 0.368. The summed E-state index contributed by atoms with van der Waals surface area (Å²) in [7, 11) is 3.44. The molecule has 228 valence electrons. The number of hydrogen-bond donors (Lipinski definition) is 2. The minimum absolute atomic E-state index is 0.217. The first kappa shape index (κ1) is 30.1. The number of nitrogens with one attached hydrogen (secondary N) is 2. The molecule has 4 heterocycles. The molecule has 0 atom stereocenters. The highest BCUT2D eigenvalue weighted by molar-refractivity contribution is 7.92. The summed E-state index contributed by atoms with van der Waals surface area (Å²) < 4.78 is 32.6. The van der Waals surface area contributed by atoms with E-state index >= 15 is 0 Å². The van der Waals surface area contributed by atoms with Crippen molar-refractivity contribution in [2.75, 3.05) is 86.6 Å². The van der Waals surface area contributed by atoms with Gasteiger partial charge >= 0.3 is 0 Å². The van der Waals surface area contributed by atoms with Gasteiger partial charge in [-0.25, -0.2) is 13.4 Å². The van der Waals surface area contributed by atoms with Gasteiger partial charge in [0, 0.05) is 71.2 Å². The van der Waals surface area contributed by atoms with Gasteiger partial charge in [-0.3, -0.25) is 13.9 Å². The van der Waals surface area contributed by atoms with Crippen LogP contribution in [-0.4, -0.2) is 111 Å². The zero-order chi connectivity index (χ0) is 30.0. The third-order valence-corrected chi connectivity index (χ3v) is 9.36. The zero-order valence-electron chi connectivity index (χ0n) is 24.7. The molecule has 2 aliphatic rings. The summed E-state index contributed by atoms with van der Waals surface area (Å²) in [5, 5.41) is 10.9. The Kier molecular flexibility index (Phi) is 8.97. The van der Waals surface area contributed by atoms with Crippen molar-refractivity contribution in [3.05, 3.63) is 35.6 Å². The number of hydrogen-bond acceptors (Lipinski definition) is 11. The molecule has 2 aliphatic heterocycles. The molecule has 0 amide bonds. The van der Waals surface area contributed by atoms with E-state index in [1.807, 2.05) is 12.1 Å². The molecule has 1 aromatic carbocycles. The molecule has 3 aromatic rings. The van der Waals surface area contributed by atoms with E-state index in [0.717, 1.165) is 68.4 Å². The van der Waals surface area contributed by atoms with E-state index in [-0.39, 0.29) is 10.8 Å². The molecule has 0 aliphatic carbocycles. The van der Waals surface area contributed by atoms with Crippen LogP contribution < -0.4 is 24.6 Å². The van der Waals surface area contributed by atoms with Crippen LogP contribution in [0.5, 0.6) is 5.75 Å². The predicted molar refractivity (Wildman–Crippen MR) is 167 cm³/mol. The molecule has 2 saturated heterocycles. The molecular formula is C27H39ClN10O3S. The standard InChI is InChI=1S/C27H39ClN10O3S/c1-34-12-14-38(15-13-34)19-8-10-37(11-9-19)20-6-7-22(24(16-20)41-4)31-27-29-17-21(28)25(32-27)30-23-18-35(2)33-26(23)36(3)42(5,39)40/h6-7,16-19H,8-15H2,1-5H3,(H2,29,30,31,32). The van der Waals surface area contributed by atoms with Crippen molar-refractivity contribution in [1.82, 2.24) is 29.5 Å². The van der Waals surface area contributed by atoms with Gasteiger partial charge in [-0.05, 0) is 32.0 Å². The number of piperazine rings is 1. The molecule has 42 heavy (non-hydrogen) atoms. The Bertz CT molecular complexity index is 1500. The highest BCUT2D eigenvalue weighted by Crippen LogP contribution is 2.35. The number of benzene rings is 1. The minimum atomic E-state index is -3.53. The van der Waals surface area contributed by atoms with E-state index in [0.29, 0.717) is 34.9 Å². The predicted octanol–water partition coefficient (Wildman–Crippen LogP) is 2.97. The Morgan fingerprint density at radius 2 is 1.76 bits per heavy atom. The van der Waals surface area contributed by atoms with Crippen molar-refractivity contribution in [3.63, 3.8) is 0 Å². The Hall–Kier alpha value is -3.33. The Labute approximate surface area is 252 Å². The number of methoxy groups -OCH3 is 1. The highest BCUT2D eigenvalue weighted by Gasteiger charge is 2.27. The first-order valence-corrected chi connectivity index (χ1v) is 16.1. The number of aryl methyl sites for hydroxylation is 1. The number of nitrogens with zero attached hydrogens (tertiary/aromatic N) is 8. The maximum Gasteiger partial charge on any atom is 0.233 e. The van der Waals surface area contributed by atoms with Gasteiger partial charge in [-0.15, -0.1) is 0 Å². The largest absolute Gasteiger partial charge is 0.494 e. The number of rotatable bonds is 9. The van der Waals surface area contributed by atoms with Crippen LogP contribution in [0.25, 0.3) is 0 Å². The third kappa shape index (κ3) is 6.83. The summed E-state index contributed by atoms with van der Waals surface area (Å²) in [6.07, 6.45) is 6.54. The summed E-state index contributed by atoms with van der Waals surface area (Å²) >= 11 is 6.40. The smallest absolute Gasteiger partial charge is 0.233 e. The lowest BCUT2D eigenvalue weighted by Gasteiger charge is -2.42. The van der Waals surface area contributed by atoms with Gasteiger partial charge in [0.15, 0.2) is 11.6 Å². The Morgan fingerprint density at radius 3 is 2.43 bits per heavy atom. The van der Waals surface area contributed by atoms with Crippen molar-refractivity contribution in [1.29, 1.82) is 0 Å². The van der Waals surface area contributed by atoms with Gasteiger partial charge in [0.2, 0.25) is 16.0 Å². The van der Waals surface area contributed by atoms with Crippen molar-refractivity contribution < 1.29 is 13.2 Å². The van der Waals surface area contributed by atoms with Crippen LogP contribution in [0, 0.1) is 0 Å². The molecule has 0 spiro atoms. The molecule has 13 nitrogen and oxygen atoms in total. The maximum atomic E-state index is 12.1. The topological polar surface area (TPSA) is 124 Å². The second-order valence-electron chi connectivity index (χ2n) is 10.9. The average molecular weight is 619 g/mol. The zero-order valence-corrected chi connectivity index (χ0v) is 26.3. The second-order valence-corrected chi connectivity index (χ2v) is 13.3. The fraction of sp³-hybridized carbons (Fsp3) is 0.519. The molecule has 5 rings (SSSR count). The van der Waals surface area contributed by atoms with Crippen molar-refractivity contribution in [3.8, 4) is 5.75 Å². The SMILES string of the molecule is COc1cc(N2CCC(N3CCN(C)CC3)CC2)ccc1Nc1ncc(Cl)c(Nc2cn(C)nc2N(C)S(C)(=O)=O)n1. The van der Waals surface area contributed by atoms with Crippen LogP contribution >= 0.6 is 11.6 Å². The Morgan fingerprint density at radius 1 is 1.05 bits per heavy atom. The van der Waals surface area contributed by atoms with E-state index in [1.54, 1.807) is 20.4 Å². The van der Waals surface area contributed by atoms with E-state index in [2.05, 4.69) is 53.5 Å². The lowest BCUT2D eigenvalue weighted by molar-refractivity contribution is 0.0982. The van der Waals surface area contributed by atoms with Crippen LogP contribution in [0.15, 0.2) is 30.6 Å². The van der Waals surface area contributed by atoms with E-state index in [9.17, 15) is 8.42 Å². The molecule has 0 bridgehead atoms. The van der Waals surface area contributed by atoms with Crippen LogP contribution in [0.2, 0.25) is 5.02 Å². The van der Waals surface area contributed by atoms with Gasteiger partial charge < -0.3 is 25.2 Å². The fourth-order valence-corrected chi connectivity index (χ4v) is 5.96. The number of halogens is 1. The van der Waals surface area contributed by atoms with Crippen LogP contribution in [0.3, 0.4) is 0 Å². The molecule has 2 aromatic heterocycles.